The van der Waals surface area contributed by atoms with E-state index in [-0.39, 0.29) is 16.6 Å². The van der Waals surface area contributed by atoms with Gasteiger partial charge in [-0.05, 0) is 28.1 Å². The molecule has 1 fully saturated rings. The summed E-state index contributed by atoms with van der Waals surface area (Å²) >= 11 is 8.84. The van der Waals surface area contributed by atoms with E-state index >= 15 is 0 Å². The van der Waals surface area contributed by atoms with Gasteiger partial charge in [-0.2, -0.15) is 0 Å². The van der Waals surface area contributed by atoms with Crippen molar-refractivity contribution in [3.63, 3.8) is 0 Å². The fraction of sp³-hybridized carbons (Fsp3) is 0.300. The second kappa shape index (κ2) is 4.69. The molecular formula is C10H8BrClFNO2. The van der Waals surface area contributed by atoms with Crippen molar-refractivity contribution in [3.05, 3.63) is 33.0 Å². The number of halogens is 3. The molecule has 1 heterocycles. The molecule has 86 valence electrons. The van der Waals surface area contributed by atoms with Gasteiger partial charge in [0.25, 0.3) is 5.91 Å². The van der Waals surface area contributed by atoms with Crippen LogP contribution in [-0.4, -0.2) is 25.2 Å². The number of hydrogen-bond donors (Lipinski definition) is 1. The van der Waals surface area contributed by atoms with Gasteiger partial charge in [0.1, 0.15) is 5.82 Å². The zero-order valence-corrected chi connectivity index (χ0v) is 10.4. The molecule has 6 heteroatoms. The number of benzene rings is 1. The topological polar surface area (TPSA) is 38.3 Å². The number of nitrogens with one attached hydrogen (secondary N) is 1. The minimum Gasteiger partial charge on any atom is -0.377 e. The molecule has 0 saturated carbocycles. The van der Waals surface area contributed by atoms with Crippen LogP contribution in [0.1, 0.15) is 10.4 Å². The maximum atomic E-state index is 13.5. The first kappa shape index (κ1) is 11.8. The average molecular weight is 309 g/mol. The molecule has 0 bridgehead atoms. The summed E-state index contributed by atoms with van der Waals surface area (Å²) in [4.78, 5) is 11.7. The highest BCUT2D eigenvalue weighted by atomic mass is 79.9. The van der Waals surface area contributed by atoms with Crippen LogP contribution >= 0.6 is 27.5 Å². The Morgan fingerprint density at radius 2 is 2.25 bits per heavy atom. The van der Waals surface area contributed by atoms with Gasteiger partial charge in [-0.1, -0.05) is 11.6 Å². The third-order valence-corrected chi connectivity index (χ3v) is 3.42. The van der Waals surface area contributed by atoms with Crippen LogP contribution in [-0.2, 0) is 4.74 Å². The molecular weight excluding hydrogens is 300 g/mol. The lowest BCUT2D eigenvalue weighted by Crippen LogP contribution is -2.48. The number of amides is 1. The minimum absolute atomic E-state index is 0.0248. The zero-order chi connectivity index (χ0) is 11.7. The Balaban J connectivity index is 2.18. The second-order valence-corrected chi connectivity index (χ2v) is 4.72. The van der Waals surface area contributed by atoms with Crippen LogP contribution in [0.15, 0.2) is 16.6 Å². The molecule has 2 rings (SSSR count). The highest BCUT2D eigenvalue weighted by Crippen LogP contribution is 2.25. The second-order valence-electron chi connectivity index (χ2n) is 3.45. The fourth-order valence-electron chi connectivity index (χ4n) is 1.28. The first-order valence-corrected chi connectivity index (χ1v) is 5.78. The van der Waals surface area contributed by atoms with E-state index in [0.717, 1.165) is 6.07 Å². The average Bonchev–Trinajstić information content (AvgIpc) is 2.17. The van der Waals surface area contributed by atoms with E-state index in [2.05, 4.69) is 21.2 Å². The van der Waals surface area contributed by atoms with Crippen molar-refractivity contribution in [3.8, 4) is 0 Å². The summed E-state index contributed by atoms with van der Waals surface area (Å²) in [6.07, 6.45) is 0. The normalized spacial score (nSPS) is 15.7. The Morgan fingerprint density at radius 3 is 2.81 bits per heavy atom. The Kier molecular flexibility index (Phi) is 3.47. The van der Waals surface area contributed by atoms with Crippen molar-refractivity contribution >= 4 is 33.4 Å². The Morgan fingerprint density at radius 1 is 1.56 bits per heavy atom. The van der Waals surface area contributed by atoms with E-state index < -0.39 is 11.7 Å². The number of hydrogen-bond acceptors (Lipinski definition) is 2. The zero-order valence-electron chi connectivity index (χ0n) is 8.10. The fourth-order valence-corrected chi connectivity index (χ4v) is 1.77. The maximum absolute atomic E-state index is 13.5. The van der Waals surface area contributed by atoms with E-state index in [1.54, 1.807) is 0 Å². The number of carbonyl (C=O) groups is 1. The van der Waals surface area contributed by atoms with Gasteiger partial charge < -0.3 is 10.1 Å². The summed E-state index contributed by atoms with van der Waals surface area (Å²) < 4.78 is 18.9. The van der Waals surface area contributed by atoms with Gasteiger partial charge in [-0.25, -0.2) is 4.39 Å². The largest absolute Gasteiger partial charge is 0.377 e. The molecule has 1 aromatic rings. The van der Waals surface area contributed by atoms with Gasteiger partial charge in [0.2, 0.25) is 0 Å². The van der Waals surface area contributed by atoms with Crippen LogP contribution in [0.2, 0.25) is 5.02 Å². The molecule has 1 N–H and O–H groups in total. The Bertz CT molecular complexity index is 437. The lowest BCUT2D eigenvalue weighted by atomic mass is 10.1. The predicted octanol–water partition coefficient (Wildman–Crippen LogP) is 2.37. The molecule has 1 aliphatic rings. The maximum Gasteiger partial charge on any atom is 0.254 e. The summed E-state index contributed by atoms with van der Waals surface area (Å²) in [5, 5.41) is 2.89. The molecule has 1 aromatic carbocycles. The van der Waals surface area contributed by atoms with Gasteiger partial charge >= 0.3 is 0 Å². The summed E-state index contributed by atoms with van der Waals surface area (Å²) in [6, 6.07) is 2.45. The number of rotatable bonds is 2. The molecule has 0 unspecified atom stereocenters. The van der Waals surface area contributed by atoms with Crippen LogP contribution in [0.25, 0.3) is 0 Å². The standard InChI is InChI=1S/C10H8BrClFNO2/c11-7-1-6(9(13)2-8(7)12)10(15)14-5-3-16-4-5/h1-2,5H,3-4H2,(H,14,15). The summed E-state index contributed by atoms with van der Waals surface area (Å²) in [6.45, 7) is 0.949. The number of carbonyl (C=O) groups excluding carboxylic acids is 1. The van der Waals surface area contributed by atoms with Crippen molar-refractivity contribution in [2.24, 2.45) is 0 Å². The van der Waals surface area contributed by atoms with Crippen LogP contribution in [0.4, 0.5) is 4.39 Å². The molecule has 3 nitrogen and oxygen atoms in total. The molecule has 1 amide bonds. The summed E-state index contributed by atoms with van der Waals surface area (Å²) in [7, 11) is 0. The van der Waals surface area contributed by atoms with E-state index in [1.807, 2.05) is 0 Å². The molecule has 0 spiro atoms. The van der Waals surface area contributed by atoms with Crippen molar-refractivity contribution in [1.29, 1.82) is 0 Å². The molecule has 0 aromatic heterocycles. The van der Waals surface area contributed by atoms with Gasteiger partial charge in [-0.15, -0.1) is 0 Å². The monoisotopic (exact) mass is 307 g/mol. The van der Waals surface area contributed by atoms with Crippen molar-refractivity contribution in [1.82, 2.24) is 5.32 Å². The first-order chi connectivity index (χ1) is 7.58. The van der Waals surface area contributed by atoms with Gasteiger partial charge in [0, 0.05) is 4.47 Å². The van der Waals surface area contributed by atoms with E-state index in [0.29, 0.717) is 17.7 Å². The molecule has 0 radical (unpaired) electrons. The smallest absolute Gasteiger partial charge is 0.254 e. The minimum atomic E-state index is -0.633. The van der Waals surface area contributed by atoms with Crippen LogP contribution in [0, 0.1) is 5.82 Å². The van der Waals surface area contributed by atoms with Gasteiger partial charge in [-0.3, -0.25) is 4.79 Å². The molecule has 1 saturated heterocycles. The van der Waals surface area contributed by atoms with Crippen LogP contribution < -0.4 is 5.32 Å². The van der Waals surface area contributed by atoms with Gasteiger partial charge in [0.15, 0.2) is 0 Å². The van der Waals surface area contributed by atoms with Crippen molar-refractivity contribution in [2.75, 3.05) is 13.2 Å². The molecule has 0 atom stereocenters. The third kappa shape index (κ3) is 2.36. The van der Waals surface area contributed by atoms with E-state index in [1.165, 1.54) is 6.07 Å². The molecule has 16 heavy (non-hydrogen) atoms. The van der Waals surface area contributed by atoms with E-state index in [4.69, 9.17) is 16.3 Å². The predicted molar refractivity (Wildman–Crippen MR) is 61.2 cm³/mol. The first-order valence-electron chi connectivity index (χ1n) is 4.61. The molecule has 1 aliphatic heterocycles. The lowest BCUT2D eigenvalue weighted by molar-refractivity contribution is -0.00353. The van der Waals surface area contributed by atoms with Crippen LogP contribution in [0.3, 0.4) is 0 Å². The lowest BCUT2D eigenvalue weighted by Gasteiger charge is -2.26. The SMILES string of the molecule is O=C(NC1COC1)c1cc(Br)c(Cl)cc1F. The summed E-state index contributed by atoms with van der Waals surface area (Å²) in [5.74, 6) is -1.09. The van der Waals surface area contributed by atoms with E-state index in [9.17, 15) is 9.18 Å². The Labute approximate surface area is 105 Å². The Hall–Kier alpha value is -0.650. The third-order valence-electron chi connectivity index (χ3n) is 2.23. The van der Waals surface area contributed by atoms with Crippen molar-refractivity contribution < 1.29 is 13.9 Å². The highest BCUT2D eigenvalue weighted by Gasteiger charge is 2.23. The summed E-state index contributed by atoms with van der Waals surface area (Å²) in [5.41, 5.74) is -0.0248. The molecule has 0 aliphatic carbocycles. The van der Waals surface area contributed by atoms with Gasteiger partial charge in [0.05, 0.1) is 29.8 Å². The highest BCUT2D eigenvalue weighted by molar-refractivity contribution is 9.10. The quantitative estimate of drug-likeness (QED) is 0.852. The van der Waals surface area contributed by atoms with Crippen LogP contribution in [0.5, 0.6) is 0 Å². The van der Waals surface area contributed by atoms with Crippen molar-refractivity contribution in [2.45, 2.75) is 6.04 Å². The number of ether oxygens (including phenoxy) is 1.